The molecule has 0 N–H and O–H groups in total. The first-order valence-electron chi connectivity index (χ1n) is 5.49. The molecule has 2 nitrogen and oxygen atoms in total. The van der Waals surface area contributed by atoms with Gasteiger partial charge in [0.15, 0.2) is 0 Å². The molecule has 1 aliphatic heterocycles. The van der Waals surface area contributed by atoms with Gasteiger partial charge in [0.25, 0.3) is 0 Å². The summed E-state index contributed by atoms with van der Waals surface area (Å²) in [4.78, 5) is 0. The number of thioether (sulfide) groups is 1. The zero-order chi connectivity index (χ0) is 11.7. The highest BCUT2D eigenvalue weighted by molar-refractivity contribution is 8.00. The van der Waals surface area contributed by atoms with Crippen LogP contribution >= 0.6 is 11.8 Å². The molecule has 1 heterocycles. The van der Waals surface area contributed by atoms with E-state index in [4.69, 9.17) is 0 Å². The lowest BCUT2D eigenvalue weighted by Gasteiger charge is -2.49. The molecule has 3 heteroatoms. The fraction of sp³-hybridized carbons (Fsp3) is 0.833. The van der Waals surface area contributed by atoms with E-state index < -0.39 is 0 Å². The molecule has 0 bridgehead atoms. The Hall–Kier alpha value is 0.01000. The van der Waals surface area contributed by atoms with Gasteiger partial charge in [0, 0.05) is 22.1 Å². The molecule has 0 atom stereocenters. The van der Waals surface area contributed by atoms with E-state index in [1.54, 1.807) is 0 Å². The van der Waals surface area contributed by atoms with Crippen molar-refractivity contribution in [2.24, 2.45) is 0 Å². The first kappa shape index (κ1) is 13.1. The monoisotopic (exact) mass is 228 g/mol. The molecule has 0 aromatic heterocycles. The maximum Gasteiger partial charge on any atom is 0.0454 e. The molecule has 87 valence electrons. The van der Waals surface area contributed by atoms with Gasteiger partial charge in [0.1, 0.15) is 0 Å². The van der Waals surface area contributed by atoms with Crippen LogP contribution in [0.25, 0.3) is 0 Å². The van der Waals surface area contributed by atoms with E-state index in [2.05, 4.69) is 6.58 Å². The van der Waals surface area contributed by atoms with Gasteiger partial charge in [-0.1, -0.05) is 6.08 Å². The maximum absolute atomic E-state index is 12.1. The van der Waals surface area contributed by atoms with Gasteiger partial charge in [-0.25, -0.2) is 0 Å². The second-order valence-corrected chi connectivity index (χ2v) is 6.90. The van der Waals surface area contributed by atoms with Gasteiger partial charge in [-0.15, -0.1) is 16.8 Å². The number of hydrogen-bond acceptors (Lipinski definition) is 2. The van der Waals surface area contributed by atoms with E-state index in [-0.39, 0.29) is 11.1 Å². The molecule has 0 saturated carbocycles. The lowest BCUT2D eigenvalue weighted by atomic mass is 9.82. The van der Waals surface area contributed by atoms with Crippen LogP contribution in [0.15, 0.2) is 12.7 Å². The highest BCUT2D eigenvalue weighted by atomic mass is 32.2. The minimum atomic E-state index is -0.236. The van der Waals surface area contributed by atoms with Crippen LogP contribution in [0.2, 0.25) is 0 Å². The largest absolute Gasteiger partial charge is 0.154 e. The molecular formula is C12H22NOS. The van der Waals surface area contributed by atoms with Crippen molar-refractivity contribution in [3.63, 3.8) is 0 Å². The van der Waals surface area contributed by atoms with Crippen LogP contribution in [0, 0.1) is 0 Å². The number of rotatable bonds is 3. The molecular weight excluding hydrogens is 206 g/mol. The van der Waals surface area contributed by atoms with Crippen molar-refractivity contribution >= 4 is 11.8 Å². The second-order valence-electron chi connectivity index (χ2n) is 5.57. The van der Waals surface area contributed by atoms with Crippen LogP contribution in [0.5, 0.6) is 0 Å². The smallest absolute Gasteiger partial charge is 0.0454 e. The standard InChI is InChI=1S/C12H22NOS/c1-6-7-15-10-8-11(2,3)13(14)12(4,5)9-10/h6,10H,1,7-9H2,2-5H3. The topological polar surface area (TPSA) is 23.1 Å². The molecule has 1 saturated heterocycles. The average Bonchev–Trinajstić information content (AvgIpc) is 2.10. The summed E-state index contributed by atoms with van der Waals surface area (Å²) in [6, 6.07) is 0. The first-order chi connectivity index (χ1) is 6.79. The predicted molar refractivity (Wildman–Crippen MR) is 66.4 cm³/mol. The van der Waals surface area contributed by atoms with Gasteiger partial charge < -0.3 is 0 Å². The van der Waals surface area contributed by atoms with Crippen molar-refractivity contribution in [2.75, 3.05) is 5.75 Å². The van der Waals surface area contributed by atoms with Crippen molar-refractivity contribution in [3.05, 3.63) is 12.7 Å². The number of piperidine rings is 1. The van der Waals surface area contributed by atoms with Gasteiger partial charge in [-0.3, -0.25) is 0 Å². The fourth-order valence-corrected chi connectivity index (χ4v) is 3.95. The Balaban J connectivity index is 2.70. The summed E-state index contributed by atoms with van der Waals surface area (Å²) < 4.78 is 0. The normalized spacial score (nSPS) is 26.5. The van der Waals surface area contributed by atoms with E-state index in [0.717, 1.165) is 18.6 Å². The van der Waals surface area contributed by atoms with E-state index in [9.17, 15) is 5.21 Å². The zero-order valence-electron chi connectivity index (χ0n) is 10.2. The Morgan fingerprint density at radius 1 is 1.33 bits per heavy atom. The van der Waals surface area contributed by atoms with Crippen LogP contribution in [0.4, 0.5) is 0 Å². The Labute approximate surface area is 97.7 Å². The summed E-state index contributed by atoms with van der Waals surface area (Å²) in [6.45, 7) is 11.9. The van der Waals surface area contributed by atoms with Crippen molar-refractivity contribution < 1.29 is 5.21 Å². The van der Waals surface area contributed by atoms with Crippen molar-refractivity contribution in [3.8, 4) is 0 Å². The Bertz CT molecular complexity index is 220. The molecule has 0 amide bonds. The molecule has 1 aliphatic rings. The average molecular weight is 228 g/mol. The predicted octanol–water partition coefficient (Wildman–Crippen LogP) is 3.27. The van der Waals surface area contributed by atoms with Gasteiger partial charge in [0.2, 0.25) is 0 Å². The van der Waals surface area contributed by atoms with Crippen LogP contribution in [-0.4, -0.2) is 27.1 Å². The SMILES string of the molecule is C=CCSC1CC(C)(C)N([O])C(C)(C)C1. The lowest BCUT2D eigenvalue weighted by molar-refractivity contribution is -0.285. The highest BCUT2D eigenvalue weighted by Gasteiger charge is 2.45. The molecule has 0 spiro atoms. The van der Waals surface area contributed by atoms with E-state index in [1.807, 2.05) is 45.5 Å². The summed E-state index contributed by atoms with van der Waals surface area (Å²) in [7, 11) is 0. The summed E-state index contributed by atoms with van der Waals surface area (Å²) in [6.07, 6.45) is 3.88. The quantitative estimate of drug-likeness (QED) is 0.692. The minimum absolute atomic E-state index is 0.236. The summed E-state index contributed by atoms with van der Waals surface area (Å²) in [5.41, 5.74) is -0.471. The molecule has 15 heavy (non-hydrogen) atoms. The highest BCUT2D eigenvalue weighted by Crippen LogP contribution is 2.41. The van der Waals surface area contributed by atoms with Crippen molar-refractivity contribution in [1.82, 2.24) is 5.06 Å². The summed E-state index contributed by atoms with van der Waals surface area (Å²) in [5, 5.41) is 13.9. The van der Waals surface area contributed by atoms with E-state index in [1.165, 1.54) is 5.06 Å². The van der Waals surface area contributed by atoms with Crippen LogP contribution in [0.3, 0.4) is 0 Å². The molecule has 0 aromatic rings. The van der Waals surface area contributed by atoms with Gasteiger partial charge in [-0.05, 0) is 40.5 Å². The molecule has 1 fully saturated rings. The van der Waals surface area contributed by atoms with Crippen LogP contribution in [-0.2, 0) is 5.21 Å². The third-order valence-electron chi connectivity index (χ3n) is 3.00. The van der Waals surface area contributed by atoms with Gasteiger partial charge in [0.05, 0.1) is 0 Å². The van der Waals surface area contributed by atoms with Crippen LogP contribution < -0.4 is 0 Å². The molecule has 1 rings (SSSR count). The fourth-order valence-electron chi connectivity index (χ4n) is 2.49. The van der Waals surface area contributed by atoms with Crippen LogP contribution in [0.1, 0.15) is 40.5 Å². The molecule has 0 aliphatic carbocycles. The third-order valence-corrected chi connectivity index (χ3v) is 4.24. The van der Waals surface area contributed by atoms with E-state index in [0.29, 0.717) is 5.25 Å². The van der Waals surface area contributed by atoms with E-state index >= 15 is 0 Å². The van der Waals surface area contributed by atoms with Gasteiger partial charge >= 0.3 is 0 Å². The molecule has 0 aromatic carbocycles. The Morgan fingerprint density at radius 2 is 1.80 bits per heavy atom. The van der Waals surface area contributed by atoms with Crippen molar-refractivity contribution in [1.29, 1.82) is 0 Å². The number of nitrogens with zero attached hydrogens (tertiary/aromatic N) is 1. The maximum atomic E-state index is 12.1. The Morgan fingerprint density at radius 3 is 2.20 bits per heavy atom. The summed E-state index contributed by atoms with van der Waals surface area (Å²) in [5.74, 6) is 0.982. The minimum Gasteiger partial charge on any atom is -0.154 e. The third kappa shape index (κ3) is 2.99. The number of hydrogen-bond donors (Lipinski definition) is 0. The Kier molecular flexibility index (Phi) is 3.90. The molecule has 1 radical (unpaired) electrons. The molecule has 0 unspecified atom stereocenters. The summed E-state index contributed by atoms with van der Waals surface area (Å²) >= 11 is 1.92. The van der Waals surface area contributed by atoms with Gasteiger partial charge in [-0.2, -0.15) is 11.8 Å². The lowest BCUT2D eigenvalue weighted by Crippen LogP contribution is -2.58. The number of hydroxylamine groups is 2. The zero-order valence-corrected chi connectivity index (χ0v) is 11.1. The van der Waals surface area contributed by atoms with Crippen molar-refractivity contribution in [2.45, 2.75) is 56.9 Å². The second kappa shape index (κ2) is 4.48. The first-order valence-corrected chi connectivity index (χ1v) is 6.54.